The van der Waals surface area contributed by atoms with Crippen LogP contribution in [0.25, 0.3) is 0 Å². The van der Waals surface area contributed by atoms with Crippen LogP contribution in [-0.4, -0.2) is 35.0 Å². The SMILES string of the molecule is O=C(Nc1nnc(Cc2ccccc2)s1)N[C@@H]1CCO[C@H]1C1CC1. The Bertz CT molecular complexity index is 702. The molecule has 0 radical (unpaired) electrons. The van der Waals surface area contributed by atoms with E-state index in [-0.39, 0.29) is 18.2 Å². The van der Waals surface area contributed by atoms with Crippen LogP contribution in [0.5, 0.6) is 0 Å². The average molecular weight is 344 g/mol. The van der Waals surface area contributed by atoms with E-state index in [1.807, 2.05) is 18.2 Å². The normalized spacial score (nSPS) is 23.2. The van der Waals surface area contributed by atoms with E-state index in [0.717, 1.165) is 24.5 Å². The van der Waals surface area contributed by atoms with E-state index in [9.17, 15) is 4.79 Å². The number of hydrogen-bond acceptors (Lipinski definition) is 5. The number of anilines is 1. The molecule has 0 unspecified atom stereocenters. The van der Waals surface area contributed by atoms with Crippen molar-refractivity contribution in [3.8, 4) is 0 Å². The Kier molecular flexibility index (Phi) is 4.44. The second kappa shape index (κ2) is 6.86. The van der Waals surface area contributed by atoms with Crippen LogP contribution in [0, 0.1) is 5.92 Å². The van der Waals surface area contributed by atoms with Crippen LogP contribution < -0.4 is 10.6 Å². The lowest BCUT2D eigenvalue weighted by atomic mass is 10.1. The van der Waals surface area contributed by atoms with E-state index in [1.165, 1.54) is 29.7 Å². The smallest absolute Gasteiger partial charge is 0.321 e. The number of amides is 2. The zero-order valence-electron chi connectivity index (χ0n) is 13.3. The van der Waals surface area contributed by atoms with Gasteiger partial charge >= 0.3 is 6.03 Å². The molecule has 1 saturated carbocycles. The van der Waals surface area contributed by atoms with E-state index in [0.29, 0.717) is 11.0 Å². The van der Waals surface area contributed by atoms with Crippen molar-refractivity contribution in [1.82, 2.24) is 15.5 Å². The summed E-state index contributed by atoms with van der Waals surface area (Å²) in [6, 6.07) is 9.99. The fourth-order valence-corrected chi connectivity index (χ4v) is 3.87. The summed E-state index contributed by atoms with van der Waals surface area (Å²) in [5.41, 5.74) is 1.18. The highest BCUT2D eigenvalue weighted by molar-refractivity contribution is 7.15. The zero-order valence-corrected chi connectivity index (χ0v) is 14.1. The second-order valence-electron chi connectivity index (χ2n) is 6.33. The van der Waals surface area contributed by atoms with Crippen molar-refractivity contribution >= 4 is 22.5 Å². The maximum atomic E-state index is 12.2. The molecule has 1 aromatic carbocycles. The minimum atomic E-state index is -0.224. The zero-order chi connectivity index (χ0) is 16.4. The first-order valence-electron chi connectivity index (χ1n) is 8.33. The minimum Gasteiger partial charge on any atom is -0.376 e. The van der Waals surface area contributed by atoms with Gasteiger partial charge in [-0.2, -0.15) is 0 Å². The summed E-state index contributed by atoms with van der Waals surface area (Å²) in [6.45, 7) is 0.728. The van der Waals surface area contributed by atoms with E-state index >= 15 is 0 Å². The summed E-state index contributed by atoms with van der Waals surface area (Å²) in [4.78, 5) is 12.2. The third-order valence-electron chi connectivity index (χ3n) is 4.42. The third kappa shape index (κ3) is 3.73. The Morgan fingerprint density at radius 3 is 2.83 bits per heavy atom. The number of hydrogen-bond donors (Lipinski definition) is 2. The van der Waals surface area contributed by atoms with Crippen LogP contribution in [0.3, 0.4) is 0 Å². The monoisotopic (exact) mass is 344 g/mol. The van der Waals surface area contributed by atoms with Crippen molar-refractivity contribution in [2.45, 2.75) is 37.8 Å². The van der Waals surface area contributed by atoms with Crippen molar-refractivity contribution < 1.29 is 9.53 Å². The molecule has 2 heterocycles. The van der Waals surface area contributed by atoms with Gasteiger partial charge in [0.25, 0.3) is 0 Å². The molecule has 2 fully saturated rings. The molecule has 1 aliphatic heterocycles. The number of ether oxygens (including phenoxy) is 1. The second-order valence-corrected chi connectivity index (χ2v) is 7.39. The van der Waals surface area contributed by atoms with Crippen molar-refractivity contribution in [3.63, 3.8) is 0 Å². The van der Waals surface area contributed by atoms with Crippen molar-refractivity contribution in [1.29, 1.82) is 0 Å². The highest BCUT2D eigenvalue weighted by atomic mass is 32.1. The molecule has 126 valence electrons. The van der Waals surface area contributed by atoms with Crippen molar-refractivity contribution in [3.05, 3.63) is 40.9 Å². The molecule has 1 aliphatic carbocycles. The molecule has 6 nitrogen and oxygen atoms in total. The maximum Gasteiger partial charge on any atom is 0.321 e. The van der Waals surface area contributed by atoms with Gasteiger partial charge < -0.3 is 10.1 Å². The molecule has 2 amide bonds. The summed E-state index contributed by atoms with van der Waals surface area (Å²) in [5.74, 6) is 0.622. The van der Waals surface area contributed by atoms with E-state index < -0.39 is 0 Å². The predicted octanol–water partition coefficient (Wildman–Crippen LogP) is 2.82. The number of aromatic nitrogens is 2. The van der Waals surface area contributed by atoms with E-state index in [4.69, 9.17) is 4.74 Å². The van der Waals surface area contributed by atoms with Gasteiger partial charge in [0.2, 0.25) is 5.13 Å². The number of benzene rings is 1. The van der Waals surface area contributed by atoms with Gasteiger partial charge in [0, 0.05) is 13.0 Å². The molecule has 2 aliphatic rings. The Labute approximate surface area is 144 Å². The molecular formula is C17H20N4O2S. The summed E-state index contributed by atoms with van der Waals surface area (Å²) in [7, 11) is 0. The highest BCUT2D eigenvalue weighted by Crippen LogP contribution is 2.38. The van der Waals surface area contributed by atoms with Gasteiger partial charge in [0.15, 0.2) is 0 Å². The van der Waals surface area contributed by atoms with Crippen molar-refractivity contribution in [2.75, 3.05) is 11.9 Å². The first kappa shape index (κ1) is 15.5. The van der Waals surface area contributed by atoms with Gasteiger partial charge in [-0.1, -0.05) is 41.7 Å². The van der Waals surface area contributed by atoms with Crippen LogP contribution in [0.2, 0.25) is 0 Å². The molecule has 2 N–H and O–H groups in total. The lowest BCUT2D eigenvalue weighted by molar-refractivity contribution is 0.0829. The number of nitrogens with one attached hydrogen (secondary N) is 2. The Morgan fingerprint density at radius 1 is 1.21 bits per heavy atom. The maximum absolute atomic E-state index is 12.2. The number of carbonyl (C=O) groups excluding carboxylic acids is 1. The van der Waals surface area contributed by atoms with Crippen LogP contribution in [0.4, 0.5) is 9.93 Å². The first-order chi connectivity index (χ1) is 11.8. The minimum absolute atomic E-state index is 0.106. The Balaban J connectivity index is 1.31. The molecule has 0 spiro atoms. The molecule has 4 rings (SSSR count). The molecule has 1 saturated heterocycles. The predicted molar refractivity (Wildman–Crippen MR) is 92.2 cm³/mol. The molecule has 2 aromatic rings. The Hall–Kier alpha value is -1.99. The van der Waals surface area contributed by atoms with Gasteiger partial charge in [-0.15, -0.1) is 10.2 Å². The summed E-state index contributed by atoms with van der Waals surface area (Å²) >= 11 is 1.41. The first-order valence-corrected chi connectivity index (χ1v) is 9.15. The fraction of sp³-hybridized carbons (Fsp3) is 0.471. The average Bonchev–Trinajstić information content (AvgIpc) is 3.17. The van der Waals surface area contributed by atoms with E-state index in [2.05, 4.69) is 33.0 Å². The summed E-state index contributed by atoms with van der Waals surface area (Å²) < 4.78 is 5.74. The third-order valence-corrected chi connectivity index (χ3v) is 5.26. The quantitative estimate of drug-likeness (QED) is 0.874. The van der Waals surface area contributed by atoms with Gasteiger partial charge in [-0.25, -0.2) is 4.79 Å². The molecule has 1 aromatic heterocycles. The van der Waals surface area contributed by atoms with Gasteiger partial charge in [0.1, 0.15) is 5.01 Å². The number of carbonyl (C=O) groups is 1. The van der Waals surface area contributed by atoms with Crippen LogP contribution in [0.15, 0.2) is 30.3 Å². The highest BCUT2D eigenvalue weighted by Gasteiger charge is 2.41. The van der Waals surface area contributed by atoms with Crippen LogP contribution in [-0.2, 0) is 11.2 Å². The van der Waals surface area contributed by atoms with Gasteiger partial charge in [0.05, 0.1) is 12.1 Å². The summed E-state index contributed by atoms with van der Waals surface area (Å²) in [6.07, 6.45) is 4.21. The summed E-state index contributed by atoms with van der Waals surface area (Å²) in [5, 5.41) is 15.4. The van der Waals surface area contributed by atoms with Gasteiger partial charge in [-0.05, 0) is 30.7 Å². The van der Waals surface area contributed by atoms with Crippen LogP contribution in [0.1, 0.15) is 29.8 Å². The van der Waals surface area contributed by atoms with E-state index in [1.54, 1.807) is 0 Å². The molecule has 24 heavy (non-hydrogen) atoms. The lowest BCUT2D eigenvalue weighted by Gasteiger charge is -2.19. The standard InChI is InChI=1S/C17H20N4O2S/c22-16(18-13-8-9-23-15(13)12-6-7-12)19-17-21-20-14(24-17)10-11-4-2-1-3-5-11/h1-5,12-13,15H,6-10H2,(H2,18,19,21,22)/t13-,15+/m1/s1. The molecule has 7 heteroatoms. The number of rotatable bonds is 5. The van der Waals surface area contributed by atoms with Gasteiger partial charge in [-0.3, -0.25) is 5.32 Å². The molecular weight excluding hydrogens is 324 g/mol. The number of nitrogens with zero attached hydrogens (tertiary/aromatic N) is 2. The lowest BCUT2D eigenvalue weighted by Crippen LogP contribution is -2.43. The molecule has 2 atom stereocenters. The van der Waals surface area contributed by atoms with Crippen LogP contribution >= 0.6 is 11.3 Å². The van der Waals surface area contributed by atoms with Crippen molar-refractivity contribution in [2.24, 2.45) is 5.92 Å². The molecule has 0 bridgehead atoms. The topological polar surface area (TPSA) is 76.1 Å². The number of urea groups is 1. The largest absolute Gasteiger partial charge is 0.376 e. The fourth-order valence-electron chi connectivity index (χ4n) is 3.10. The Morgan fingerprint density at radius 2 is 2.04 bits per heavy atom.